The summed E-state index contributed by atoms with van der Waals surface area (Å²) in [5, 5.41) is 9.37. The summed E-state index contributed by atoms with van der Waals surface area (Å²) in [5.74, 6) is -1.27. The van der Waals surface area contributed by atoms with E-state index < -0.39 is 16.0 Å². The lowest BCUT2D eigenvalue weighted by atomic mass is 10.2. The predicted molar refractivity (Wildman–Crippen MR) is 77.5 cm³/mol. The summed E-state index contributed by atoms with van der Waals surface area (Å²) in [7, 11) is -4.08. The fourth-order valence-corrected chi connectivity index (χ4v) is 4.38. The number of carboxylic acids is 1. The molecule has 0 bridgehead atoms. The molecule has 0 saturated carbocycles. The molecule has 0 aromatic carbocycles. The van der Waals surface area contributed by atoms with E-state index in [1.54, 1.807) is 6.92 Å². The van der Waals surface area contributed by atoms with Crippen LogP contribution >= 0.6 is 11.3 Å². The van der Waals surface area contributed by atoms with Gasteiger partial charge in [-0.25, -0.2) is 18.2 Å². The summed E-state index contributed by atoms with van der Waals surface area (Å²) in [6.07, 6.45) is 0. The first kappa shape index (κ1) is 15.5. The number of furan rings is 1. The fraction of sp³-hybridized carbons (Fsp3) is 0.333. The summed E-state index contributed by atoms with van der Waals surface area (Å²) in [6, 6.07) is 0. The van der Waals surface area contributed by atoms with Crippen molar-refractivity contribution in [2.45, 2.75) is 32.6 Å². The highest BCUT2D eigenvalue weighted by molar-refractivity contribution is 7.93. The minimum atomic E-state index is -4.08. The molecule has 7 nitrogen and oxygen atoms in total. The Bertz CT molecular complexity index is 798. The molecule has 21 heavy (non-hydrogen) atoms. The average Bonchev–Trinajstić information content (AvgIpc) is 2.78. The first-order valence-electron chi connectivity index (χ1n) is 5.93. The summed E-state index contributed by atoms with van der Waals surface area (Å²) < 4.78 is 32.3. The van der Waals surface area contributed by atoms with E-state index in [2.05, 4.69) is 9.71 Å². The number of carboxylic acid groups (broad SMARTS) is 1. The Labute approximate surface area is 125 Å². The third-order valence-electron chi connectivity index (χ3n) is 2.94. The van der Waals surface area contributed by atoms with Crippen molar-refractivity contribution >= 4 is 32.5 Å². The molecular weight excluding hydrogens is 316 g/mol. The minimum absolute atomic E-state index is 0.0300. The Kier molecular flexibility index (Phi) is 3.81. The van der Waals surface area contributed by atoms with Gasteiger partial charge in [-0.15, -0.1) is 11.3 Å². The standard InChI is InChI=1S/C12H14N2O5S2/c1-5-8(4)20-12(13-5)14-21(17,18)10-7(3)19-6(2)9(10)11(15)16/h1-4H3,(H,13,14)(H,15,16). The second-order valence-corrected chi connectivity index (χ2v) is 7.31. The van der Waals surface area contributed by atoms with Crippen molar-refractivity contribution in [3.05, 3.63) is 27.7 Å². The van der Waals surface area contributed by atoms with Crippen LogP contribution in [0.2, 0.25) is 0 Å². The number of thiazole rings is 1. The number of carbonyl (C=O) groups is 1. The molecular formula is C12H14N2O5S2. The summed E-state index contributed by atoms with van der Waals surface area (Å²) >= 11 is 1.18. The van der Waals surface area contributed by atoms with Crippen LogP contribution in [0.3, 0.4) is 0 Å². The molecule has 0 aliphatic carbocycles. The van der Waals surface area contributed by atoms with E-state index in [0.717, 1.165) is 10.6 Å². The quantitative estimate of drug-likeness (QED) is 0.891. The van der Waals surface area contributed by atoms with Gasteiger partial charge in [0, 0.05) is 4.88 Å². The van der Waals surface area contributed by atoms with Gasteiger partial charge in [0.25, 0.3) is 10.0 Å². The molecule has 9 heteroatoms. The van der Waals surface area contributed by atoms with Gasteiger partial charge < -0.3 is 9.52 Å². The van der Waals surface area contributed by atoms with Gasteiger partial charge in [-0.1, -0.05) is 0 Å². The molecule has 2 aromatic heterocycles. The number of nitrogens with one attached hydrogen (secondary N) is 1. The van der Waals surface area contributed by atoms with Crippen molar-refractivity contribution in [2.75, 3.05) is 4.72 Å². The predicted octanol–water partition coefficient (Wildman–Crippen LogP) is 2.47. The highest BCUT2D eigenvalue weighted by atomic mass is 32.2. The van der Waals surface area contributed by atoms with Crippen molar-refractivity contribution in [1.29, 1.82) is 0 Å². The SMILES string of the molecule is Cc1nc(NS(=O)(=O)c2c(C)oc(C)c2C(=O)O)sc1C. The molecule has 0 fully saturated rings. The van der Waals surface area contributed by atoms with Crippen molar-refractivity contribution in [1.82, 2.24) is 4.98 Å². The molecule has 2 rings (SSSR count). The largest absolute Gasteiger partial charge is 0.478 e. The first-order chi connectivity index (χ1) is 9.63. The van der Waals surface area contributed by atoms with Crippen LogP contribution in [-0.4, -0.2) is 24.5 Å². The van der Waals surface area contributed by atoms with Crippen molar-refractivity contribution in [3.8, 4) is 0 Å². The lowest BCUT2D eigenvalue weighted by Gasteiger charge is -2.05. The number of nitrogens with zero attached hydrogens (tertiary/aromatic N) is 1. The molecule has 0 spiro atoms. The van der Waals surface area contributed by atoms with Gasteiger partial charge in [0.2, 0.25) is 0 Å². The van der Waals surface area contributed by atoms with Crippen LogP contribution in [0.4, 0.5) is 5.13 Å². The third kappa shape index (κ3) is 2.79. The molecule has 0 unspecified atom stereocenters. The summed E-state index contributed by atoms with van der Waals surface area (Å²) in [6.45, 7) is 6.40. The van der Waals surface area contributed by atoms with Gasteiger partial charge in [-0.3, -0.25) is 4.72 Å². The lowest BCUT2D eigenvalue weighted by Crippen LogP contribution is -2.16. The third-order valence-corrected chi connectivity index (χ3v) is 5.55. The maximum atomic E-state index is 12.4. The highest BCUT2D eigenvalue weighted by Gasteiger charge is 2.31. The van der Waals surface area contributed by atoms with E-state index in [1.807, 2.05) is 6.92 Å². The Hall–Kier alpha value is -1.87. The van der Waals surface area contributed by atoms with Crippen LogP contribution in [-0.2, 0) is 10.0 Å². The zero-order valence-electron chi connectivity index (χ0n) is 11.8. The van der Waals surface area contributed by atoms with E-state index >= 15 is 0 Å². The Morgan fingerprint density at radius 1 is 1.24 bits per heavy atom. The van der Waals surface area contributed by atoms with Gasteiger partial charge in [0.1, 0.15) is 22.0 Å². The summed E-state index contributed by atoms with van der Waals surface area (Å²) in [5.41, 5.74) is 0.362. The van der Waals surface area contributed by atoms with Gasteiger partial charge in [-0.2, -0.15) is 0 Å². The lowest BCUT2D eigenvalue weighted by molar-refractivity contribution is 0.0691. The molecule has 0 aliphatic rings. The number of anilines is 1. The van der Waals surface area contributed by atoms with Gasteiger partial charge in [0.05, 0.1) is 5.69 Å². The van der Waals surface area contributed by atoms with E-state index in [-0.39, 0.29) is 27.1 Å². The molecule has 2 N–H and O–H groups in total. The summed E-state index contributed by atoms with van der Waals surface area (Å²) in [4.78, 5) is 15.8. The van der Waals surface area contributed by atoms with E-state index in [4.69, 9.17) is 4.42 Å². The fourth-order valence-electron chi connectivity index (χ4n) is 1.92. The van der Waals surface area contributed by atoms with Crippen LogP contribution in [0.5, 0.6) is 0 Å². The van der Waals surface area contributed by atoms with Crippen molar-refractivity contribution in [3.63, 3.8) is 0 Å². The molecule has 0 atom stereocenters. The van der Waals surface area contributed by atoms with Gasteiger partial charge in [-0.05, 0) is 27.7 Å². The van der Waals surface area contributed by atoms with Crippen LogP contribution in [0.15, 0.2) is 9.31 Å². The van der Waals surface area contributed by atoms with Gasteiger partial charge in [0.15, 0.2) is 5.13 Å². The van der Waals surface area contributed by atoms with Crippen LogP contribution in [0.25, 0.3) is 0 Å². The Morgan fingerprint density at radius 3 is 2.33 bits per heavy atom. The van der Waals surface area contributed by atoms with Crippen LogP contribution in [0, 0.1) is 27.7 Å². The second kappa shape index (κ2) is 5.15. The number of aryl methyl sites for hydroxylation is 4. The number of sulfonamides is 1. The number of hydrogen-bond acceptors (Lipinski definition) is 6. The van der Waals surface area contributed by atoms with E-state index in [9.17, 15) is 18.3 Å². The first-order valence-corrected chi connectivity index (χ1v) is 8.23. The Balaban J connectivity index is 2.52. The highest BCUT2D eigenvalue weighted by Crippen LogP contribution is 2.30. The molecule has 0 radical (unpaired) electrons. The van der Waals surface area contributed by atoms with Crippen molar-refractivity contribution in [2.24, 2.45) is 0 Å². The second-order valence-electron chi connectivity index (χ2n) is 4.49. The smallest absolute Gasteiger partial charge is 0.340 e. The average molecular weight is 330 g/mol. The maximum Gasteiger partial charge on any atom is 0.340 e. The molecule has 0 aliphatic heterocycles. The number of aromatic nitrogens is 1. The van der Waals surface area contributed by atoms with Crippen molar-refractivity contribution < 1.29 is 22.7 Å². The Morgan fingerprint density at radius 2 is 1.86 bits per heavy atom. The van der Waals surface area contributed by atoms with Gasteiger partial charge >= 0.3 is 5.97 Å². The number of rotatable bonds is 4. The molecule has 0 saturated heterocycles. The zero-order valence-corrected chi connectivity index (χ0v) is 13.5. The number of aromatic carboxylic acids is 1. The topological polar surface area (TPSA) is 110 Å². The zero-order chi connectivity index (χ0) is 15.9. The van der Waals surface area contributed by atoms with E-state index in [1.165, 1.54) is 25.2 Å². The van der Waals surface area contributed by atoms with E-state index in [0.29, 0.717) is 0 Å². The minimum Gasteiger partial charge on any atom is -0.478 e. The normalized spacial score (nSPS) is 11.6. The molecule has 0 amide bonds. The molecule has 2 heterocycles. The maximum absolute atomic E-state index is 12.4. The van der Waals surface area contributed by atoms with Crippen LogP contribution in [0.1, 0.15) is 32.4 Å². The molecule has 114 valence electrons. The molecule has 2 aromatic rings. The monoisotopic (exact) mass is 330 g/mol. The number of hydrogen-bond donors (Lipinski definition) is 2. The van der Waals surface area contributed by atoms with Crippen LogP contribution < -0.4 is 4.72 Å².